The molecular weight excluding hydrogens is 220 g/mol. The van der Waals surface area contributed by atoms with E-state index in [1.54, 1.807) is 0 Å². The summed E-state index contributed by atoms with van der Waals surface area (Å²) in [5.74, 6) is 1.23. The highest BCUT2D eigenvalue weighted by Gasteiger charge is 2.37. The van der Waals surface area contributed by atoms with Gasteiger partial charge in [0.2, 0.25) is 17.7 Å². The largest absolute Gasteiger partial charge is 0.344 e. The van der Waals surface area contributed by atoms with E-state index in [2.05, 4.69) is 11.2 Å². The molecule has 1 saturated heterocycles. The Morgan fingerprint density at radius 1 is 1.41 bits per heavy atom. The van der Waals surface area contributed by atoms with Gasteiger partial charge in [-0.25, -0.2) is 0 Å². The van der Waals surface area contributed by atoms with Crippen LogP contribution in [0.4, 0.5) is 0 Å². The number of nitrogens with one attached hydrogen (secondary N) is 1. The number of hydrogen-bond donors (Lipinski definition) is 1. The van der Waals surface area contributed by atoms with Crippen LogP contribution in [0.25, 0.3) is 0 Å². The van der Waals surface area contributed by atoms with Crippen molar-refractivity contribution in [3.05, 3.63) is 0 Å². The number of likely N-dealkylation sites (tertiary alicyclic amines) is 1. The highest BCUT2D eigenvalue weighted by Crippen LogP contribution is 2.31. The summed E-state index contributed by atoms with van der Waals surface area (Å²) < 4.78 is 0. The van der Waals surface area contributed by atoms with Gasteiger partial charge in [0, 0.05) is 12.8 Å². The summed E-state index contributed by atoms with van der Waals surface area (Å²) in [5, 5.41) is 2.42. The van der Waals surface area contributed by atoms with Crippen molar-refractivity contribution in [2.24, 2.45) is 5.41 Å². The molecule has 0 aromatic rings. The van der Waals surface area contributed by atoms with Gasteiger partial charge in [-0.2, -0.15) is 0 Å². The molecule has 1 rings (SSSR count). The SMILES string of the molecule is C#CCNC(=O)CN1C(=O)CC(C)(C)CC1=O. The van der Waals surface area contributed by atoms with Crippen molar-refractivity contribution >= 4 is 17.7 Å². The minimum Gasteiger partial charge on any atom is -0.344 e. The maximum absolute atomic E-state index is 11.7. The van der Waals surface area contributed by atoms with E-state index >= 15 is 0 Å². The zero-order chi connectivity index (χ0) is 13.1. The molecule has 1 aliphatic heterocycles. The van der Waals surface area contributed by atoms with Crippen LogP contribution in [0, 0.1) is 17.8 Å². The molecule has 92 valence electrons. The lowest BCUT2D eigenvalue weighted by atomic mass is 9.82. The topological polar surface area (TPSA) is 66.5 Å². The molecule has 1 fully saturated rings. The number of rotatable bonds is 3. The van der Waals surface area contributed by atoms with Crippen molar-refractivity contribution in [3.63, 3.8) is 0 Å². The van der Waals surface area contributed by atoms with E-state index in [4.69, 9.17) is 6.42 Å². The molecule has 0 aromatic carbocycles. The molecule has 0 spiro atoms. The Labute approximate surface area is 101 Å². The standard InChI is InChI=1S/C12H16N2O3/c1-4-5-13-9(15)8-14-10(16)6-12(2,3)7-11(14)17/h1H,5-8H2,2-3H3,(H,13,15). The first-order valence-corrected chi connectivity index (χ1v) is 5.39. The Morgan fingerprint density at radius 3 is 2.41 bits per heavy atom. The monoisotopic (exact) mass is 236 g/mol. The van der Waals surface area contributed by atoms with Crippen LogP contribution in [0.1, 0.15) is 26.7 Å². The lowest BCUT2D eigenvalue weighted by molar-refractivity contribution is -0.154. The second-order valence-corrected chi connectivity index (χ2v) is 4.87. The summed E-state index contributed by atoms with van der Waals surface area (Å²) in [6, 6.07) is 0. The highest BCUT2D eigenvalue weighted by molar-refractivity contribution is 6.01. The number of piperidine rings is 1. The Hall–Kier alpha value is -1.83. The lowest BCUT2D eigenvalue weighted by Crippen LogP contribution is -2.50. The number of hydrogen-bond acceptors (Lipinski definition) is 3. The van der Waals surface area contributed by atoms with Crippen LogP contribution >= 0.6 is 0 Å². The molecule has 5 nitrogen and oxygen atoms in total. The molecule has 0 saturated carbocycles. The highest BCUT2D eigenvalue weighted by atomic mass is 16.2. The predicted molar refractivity (Wildman–Crippen MR) is 61.6 cm³/mol. The summed E-state index contributed by atoms with van der Waals surface area (Å²) in [6.45, 7) is 3.58. The first-order valence-electron chi connectivity index (χ1n) is 5.39. The quantitative estimate of drug-likeness (QED) is 0.550. The molecule has 0 radical (unpaired) electrons. The smallest absolute Gasteiger partial charge is 0.240 e. The molecular formula is C12H16N2O3. The van der Waals surface area contributed by atoms with Crippen LogP contribution in [-0.4, -0.2) is 35.7 Å². The molecule has 5 heteroatoms. The fraction of sp³-hybridized carbons (Fsp3) is 0.583. The molecule has 0 bridgehead atoms. The Bertz CT molecular complexity index is 373. The van der Waals surface area contributed by atoms with E-state index < -0.39 is 5.91 Å². The van der Waals surface area contributed by atoms with Gasteiger partial charge < -0.3 is 5.32 Å². The number of imide groups is 1. The number of terminal acetylenes is 1. The third-order valence-corrected chi connectivity index (χ3v) is 2.55. The third-order valence-electron chi connectivity index (χ3n) is 2.55. The average Bonchev–Trinajstić information content (AvgIpc) is 2.19. The van der Waals surface area contributed by atoms with E-state index in [9.17, 15) is 14.4 Å². The summed E-state index contributed by atoms with van der Waals surface area (Å²) >= 11 is 0. The molecule has 0 atom stereocenters. The van der Waals surface area contributed by atoms with Gasteiger partial charge in [0.15, 0.2) is 0 Å². The molecule has 1 heterocycles. The maximum Gasteiger partial charge on any atom is 0.240 e. The Morgan fingerprint density at radius 2 is 1.94 bits per heavy atom. The van der Waals surface area contributed by atoms with E-state index in [1.807, 2.05) is 13.8 Å². The molecule has 0 aliphatic carbocycles. The van der Waals surface area contributed by atoms with Crippen LogP contribution in [-0.2, 0) is 14.4 Å². The fourth-order valence-corrected chi connectivity index (χ4v) is 1.74. The van der Waals surface area contributed by atoms with E-state index in [0.717, 1.165) is 4.90 Å². The van der Waals surface area contributed by atoms with Crippen LogP contribution < -0.4 is 5.32 Å². The van der Waals surface area contributed by atoms with Gasteiger partial charge in [-0.05, 0) is 5.41 Å². The van der Waals surface area contributed by atoms with Crippen LogP contribution in [0.15, 0.2) is 0 Å². The second-order valence-electron chi connectivity index (χ2n) is 4.87. The predicted octanol–water partition coefficient (Wildman–Crippen LogP) is -0.0890. The van der Waals surface area contributed by atoms with E-state index in [1.165, 1.54) is 0 Å². The molecule has 0 unspecified atom stereocenters. The van der Waals surface area contributed by atoms with E-state index in [-0.39, 0.29) is 43.2 Å². The lowest BCUT2D eigenvalue weighted by Gasteiger charge is -2.34. The summed E-state index contributed by atoms with van der Waals surface area (Å²) in [6.07, 6.45) is 5.55. The van der Waals surface area contributed by atoms with Gasteiger partial charge in [0.1, 0.15) is 6.54 Å². The second kappa shape index (κ2) is 5.00. The number of amides is 3. The van der Waals surface area contributed by atoms with Gasteiger partial charge in [0.05, 0.1) is 6.54 Å². The van der Waals surface area contributed by atoms with Gasteiger partial charge in [-0.15, -0.1) is 6.42 Å². The van der Waals surface area contributed by atoms with Gasteiger partial charge in [0.25, 0.3) is 0 Å². The van der Waals surface area contributed by atoms with E-state index in [0.29, 0.717) is 0 Å². The van der Waals surface area contributed by atoms with Crippen LogP contribution in [0.3, 0.4) is 0 Å². The van der Waals surface area contributed by atoms with Gasteiger partial charge in [-0.3, -0.25) is 19.3 Å². The third kappa shape index (κ3) is 3.59. The van der Waals surface area contributed by atoms with Crippen molar-refractivity contribution in [2.75, 3.05) is 13.1 Å². The molecule has 3 amide bonds. The molecule has 17 heavy (non-hydrogen) atoms. The minimum atomic E-state index is -0.413. The maximum atomic E-state index is 11.7. The fourth-order valence-electron chi connectivity index (χ4n) is 1.74. The minimum absolute atomic E-state index is 0.0978. The van der Waals surface area contributed by atoms with Crippen LogP contribution in [0.5, 0.6) is 0 Å². The Balaban J connectivity index is 2.61. The van der Waals surface area contributed by atoms with Crippen molar-refractivity contribution in [3.8, 4) is 12.3 Å². The number of carbonyl (C=O) groups is 3. The van der Waals surface area contributed by atoms with Crippen molar-refractivity contribution in [2.45, 2.75) is 26.7 Å². The normalized spacial score (nSPS) is 18.8. The van der Waals surface area contributed by atoms with Crippen LogP contribution in [0.2, 0.25) is 0 Å². The summed E-state index contributed by atoms with van der Waals surface area (Å²) in [4.78, 5) is 35.8. The molecule has 1 aliphatic rings. The first kappa shape index (κ1) is 13.2. The number of carbonyl (C=O) groups excluding carboxylic acids is 3. The van der Waals surface area contributed by atoms with Crippen molar-refractivity contribution in [1.82, 2.24) is 10.2 Å². The molecule has 1 N–H and O–H groups in total. The number of nitrogens with zero attached hydrogens (tertiary/aromatic N) is 1. The van der Waals surface area contributed by atoms with Crippen molar-refractivity contribution in [1.29, 1.82) is 0 Å². The van der Waals surface area contributed by atoms with Crippen molar-refractivity contribution < 1.29 is 14.4 Å². The van der Waals surface area contributed by atoms with Gasteiger partial charge in [-0.1, -0.05) is 19.8 Å². The Kier molecular flexibility index (Phi) is 3.89. The zero-order valence-electron chi connectivity index (χ0n) is 10.1. The average molecular weight is 236 g/mol. The van der Waals surface area contributed by atoms with Gasteiger partial charge >= 0.3 is 0 Å². The first-order chi connectivity index (χ1) is 7.85. The molecule has 0 aromatic heterocycles. The summed E-state index contributed by atoms with van der Waals surface area (Å²) in [5.41, 5.74) is -0.319. The summed E-state index contributed by atoms with van der Waals surface area (Å²) in [7, 11) is 0. The zero-order valence-corrected chi connectivity index (χ0v) is 10.1.